The average molecular weight is 401 g/mol. The third-order valence-corrected chi connectivity index (χ3v) is 4.70. The van der Waals surface area contributed by atoms with E-state index in [1.165, 1.54) is 35.6 Å². The maximum Gasteiger partial charge on any atom is 0.270 e. The van der Waals surface area contributed by atoms with E-state index in [2.05, 4.69) is 15.5 Å². The van der Waals surface area contributed by atoms with Crippen LogP contribution in [0.3, 0.4) is 0 Å². The molecular weight excluding hydrogens is 391 g/mol. The Kier molecular flexibility index (Phi) is 4.66. The van der Waals surface area contributed by atoms with E-state index in [-0.39, 0.29) is 22.8 Å². The standard InChI is InChI=1S/C19H10F3N3O2S/c20-12-3-1-2-11(8-12)18(26)23-15-6-7-28-16(15)19-24-17(25-27-19)10-4-5-13(21)14(22)9-10/h1-9H,(H,23,26). The summed E-state index contributed by atoms with van der Waals surface area (Å²) in [4.78, 5) is 17.0. The van der Waals surface area contributed by atoms with Crippen molar-refractivity contribution < 1.29 is 22.5 Å². The molecule has 0 aliphatic carbocycles. The number of hydrogen-bond donors (Lipinski definition) is 1. The van der Waals surface area contributed by atoms with Gasteiger partial charge in [0.2, 0.25) is 5.82 Å². The summed E-state index contributed by atoms with van der Waals surface area (Å²) >= 11 is 1.24. The molecule has 0 spiro atoms. The van der Waals surface area contributed by atoms with E-state index in [1.807, 2.05) is 0 Å². The molecule has 4 aromatic rings. The van der Waals surface area contributed by atoms with Gasteiger partial charge in [0.1, 0.15) is 10.7 Å². The van der Waals surface area contributed by atoms with Crippen LogP contribution in [0.5, 0.6) is 0 Å². The number of amides is 1. The molecule has 2 aromatic carbocycles. The molecule has 1 amide bonds. The lowest BCUT2D eigenvalue weighted by Crippen LogP contribution is -2.12. The van der Waals surface area contributed by atoms with Gasteiger partial charge in [0.15, 0.2) is 11.6 Å². The largest absolute Gasteiger partial charge is 0.333 e. The van der Waals surface area contributed by atoms with Crippen molar-refractivity contribution in [2.24, 2.45) is 0 Å². The SMILES string of the molecule is O=C(Nc1ccsc1-c1nc(-c2ccc(F)c(F)c2)no1)c1cccc(F)c1. The number of nitrogens with one attached hydrogen (secondary N) is 1. The molecule has 0 bridgehead atoms. The minimum absolute atomic E-state index is 0.0738. The number of halogens is 3. The molecule has 0 saturated heterocycles. The number of anilines is 1. The van der Waals surface area contributed by atoms with Gasteiger partial charge in [0.25, 0.3) is 11.8 Å². The average Bonchev–Trinajstić information content (AvgIpc) is 3.33. The monoisotopic (exact) mass is 401 g/mol. The first-order valence-corrected chi connectivity index (χ1v) is 8.83. The molecule has 1 N–H and O–H groups in total. The van der Waals surface area contributed by atoms with Gasteiger partial charge in [-0.1, -0.05) is 11.2 Å². The highest BCUT2D eigenvalue weighted by Gasteiger charge is 2.18. The van der Waals surface area contributed by atoms with Gasteiger partial charge in [-0.3, -0.25) is 4.79 Å². The van der Waals surface area contributed by atoms with E-state index < -0.39 is 23.4 Å². The predicted octanol–water partition coefficient (Wildman–Crippen LogP) is 5.13. The van der Waals surface area contributed by atoms with E-state index in [0.29, 0.717) is 10.6 Å². The quantitative estimate of drug-likeness (QED) is 0.515. The van der Waals surface area contributed by atoms with Gasteiger partial charge in [-0.2, -0.15) is 4.98 Å². The second-order valence-electron chi connectivity index (χ2n) is 5.68. The fraction of sp³-hybridized carbons (Fsp3) is 0. The lowest BCUT2D eigenvalue weighted by Gasteiger charge is -2.04. The highest BCUT2D eigenvalue weighted by molar-refractivity contribution is 7.14. The van der Waals surface area contributed by atoms with Gasteiger partial charge in [-0.25, -0.2) is 13.2 Å². The highest BCUT2D eigenvalue weighted by atomic mass is 32.1. The van der Waals surface area contributed by atoms with Gasteiger partial charge in [0.05, 0.1) is 5.69 Å². The molecule has 0 atom stereocenters. The molecular formula is C19H10F3N3O2S. The minimum Gasteiger partial charge on any atom is -0.333 e. The Labute approximate surface area is 160 Å². The molecule has 0 saturated carbocycles. The van der Waals surface area contributed by atoms with Crippen molar-refractivity contribution in [3.05, 3.63) is 76.9 Å². The molecule has 0 fully saturated rings. The maximum atomic E-state index is 13.4. The molecule has 2 aromatic heterocycles. The van der Waals surface area contributed by atoms with E-state index in [4.69, 9.17) is 4.52 Å². The van der Waals surface area contributed by atoms with Crippen LogP contribution in [0.1, 0.15) is 10.4 Å². The van der Waals surface area contributed by atoms with Crippen molar-refractivity contribution in [1.29, 1.82) is 0 Å². The number of thiophene rings is 1. The van der Waals surface area contributed by atoms with E-state index in [0.717, 1.165) is 18.2 Å². The molecule has 0 aliphatic heterocycles. The van der Waals surface area contributed by atoms with Crippen LogP contribution in [0.15, 0.2) is 58.4 Å². The molecule has 140 valence electrons. The molecule has 2 heterocycles. The van der Waals surface area contributed by atoms with Crippen LogP contribution >= 0.6 is 11.3 Å². The van der Waals surface area contributed by atoms with E-state index >= 15 is 0 Å². The van der Waals surface area contributed by atoms with Crippen molar-refractivity contribution in [3.63, 3.8) is 0 Å². The fourth-order valence-corrected chi connectivity index (χ4v) is 3.24. The molecule has 9 heteroatoms. The second-order valence-corrected chi connectivity index (χ2v) is 6.60. The van der Waals surface area contributed by atoms with Crippen LogP contribution in [0.4, 0.5) is 18.9 Å². The van der Waals surface area contributed by atoms with Crippen LogP contribution < -0.4 is 5.32 Å². The van der Waals surface area contributed by atoms with Gasteiger partial charge < -0.3 is 9.84 Å². The first-order chi connectivity index (χ1) is 13.5. The Morgan fingerprint density at radius 3 is 2.68 bits per heavy atom. The second kappa shape index (κ2) is 7.28. The normalized spacial score (nSPS) is 10.8. The zero-order valence-electron chi connectivity index (χ0n) is 13.9. The van der Waals surface area contributed by atoms with Gasteiger partial charge in [-0.15, -0.1) is 11.3 Å². The first kappa shape index (κ1) is 17.9. The molecule has 5 nitrogen and oxygen atoms in total. The van der Waals surface area contributed by atoms with E-state index in [1.54, 1.807) is 11.4 Å². The number of carbonyl (C=O) groups excluding carboxylic acids is 1. The van der Waals surface area contributed by atoms with Gasteiger partial charge in [0, 0.05) is 11.1 Å². The molecule has 4 rings (SSSR count). The number of rotatable bonds is 4. The van der Waals surface area contributed by atoms with Crippen molar-refractivity contribution >= 4 is 22.9 Å². The van der Waals surface area contributed by atoms with Crippen LogP contribution in [-0.2, 0) is 0 Å². The molecule has 0 radical (unpaired) electrons. The Bertz CT molecular complexity index is 1170. The Morgan fingerprint density at radius 1 is 1.04 bits per heavy atom. The maximum absolute atomic E-state index is 13.4. The topological polar surface area (TPSA) is 68.0 Å². The number of benzene rings is 2. The third-order valence-electron chi connectivity index (χ3n) is 3.80. The number of aromatic nitrogens is 2. The van der Waals surface area contributed by atoms with E-state index in [9.17, 15) is 18.0 Å². The number of nitrogens with zero attached hydrogens (tertiary/aromatic N) is 2. The fourth-order valence-electron chi connectivity index (χ4n) is 2.47. The highest BCUT2D eigenvalue weighted by Crippen LogP contribution is 2.34. The summed E-state index contributed by atoms with van der Waals surface area (Å²) in [6.45, 7) is 0. The number of hydrogen-bond acceptors (Lipinski definition) is 5. The zero-order valence-corrected chi connectivity index (χ0v) is 14.8. The van der Waals surface area contributed by atoms with Crippen LogP contribution in [0.25, 0.3) is 22.2 Å². The summed E-state index contributed by atoms with van der Waals surface area (Å²) in [6.07, 6.45) is 0. The Morgan fingerprint density at radius 2 is 1.89 bits per heavy atom. The van der Waals surface area contributed by atoms with Crippen LogP contribution in [-0.4, -0.2) is 16.0 Å². The third kappa shape index (κ3) is 3.52. The predicted molar refractivity (Wildman–Crippen MR) is 97.3 cm³/mol. The molecule has 0 aliphatic rings. The van der Waals surface area contributed by atoms with Gasteiger partial charge in [-0.05, 0) is 47.8 Å². The smallest absolute Gasteiger partial charge is 0.270 e. The van der Waals surface area contributed by atoms with Crippen molar-refractivity contribution in [2.75, 3.05) is 5.32 Å². The van der Waals surface area contributed by atoms with Crippen molar-refractivity contribution in [2.45, 2.75) is 0 Å². The van der Waals surface area contributed by atoms with Crippen molar-refractivity contribution in [3.8, 4) is 22.2 Å². The molecule has 28 heavy (non-hydrogen) atoms. The lowest BCUT2D eigenvalue weighted by atomic mass is 10.2. The number of carbonyl (C=O) groups is 1. The summed E-state index contributed by atoms with van der Waals surface area (Å²) in [5.74, 6) is -2.85. The summed E-state index contributed by atoms with van der Waals surface area (Å²) < 4.78 is 45.0. The van der Waals surface area contributed by atoms with Crippen LogP contribution in [0.2, 0.25) is 0 Å². The summed E-state index contributed by atoms with van der Waals surface area (Å²) in [5, 5.41) is 8.14. The van der Waals surface area contributed by atoms with Crippen molar-refractivity contribution in [1.82, 2.24) is 10.1 Å². The summed E-state index contributed by atoms with van der Waals surface area (Å²) in [6, 6.07) is 10.2. The minimum atomic E-state index is -1.02. The molecule has 0 unspecified atom stereocenters. The Hall–Kier alpha value is -3.46. The zero-order chi connectivity index (χ0) is 19.7. The summed E-state index contributed by atoms with van der Waals surface area (Å²) in [7, 11) is 0. The summed E-state index contributed by atoms with van der Waals surface area (Å²) in [5.41, 5.74) is 0.806. The van der Waals surface area contributed by atoms with Gasteiger partial charge >= 0.3 is 0 Å². The first-order valence-electron chi connectivity index (χ1n) is 7.95. The lowest BCUT2D eigenvalue weighted by molar-refractivity contribution is 0.102. The Balaban J connectivity index is 1.60. The van der Waals surface area contributed by atoms with Crippen LogP contribution in [0, 0.1) is 17.5 Å².